The van der Waals surface area contributed by atoms with Crippen LogP contribution in [0.25, 0.3) is 0 Å². The van der Waals surface area contributed by atoms with E-state index in [4.69, 9.17) is 11.6 Å². The molecule has 3 aromatic rings. The molecule has 1 atom stereocenters. The second kappa shape index (κ2) is 7.00. The van der Waals surface area contributed by atoms with E-state index in [1.807, 2.05) is 12.3 Å². The maximum atomic E-state index is 15.0. The molecule has 8 heteroatoms. The van der Waals surface area contributed by atoms with Crippen LogP contribution in [0.4, 0.5) is 10.2 Å². The number of halogens is 2. The van der Waals surface area contributed by atoms with Gasteiger partial charge in [0.1, 0.15) is 11.6 Å². The smallest absolute Gasteiger partial charge is 0.224 e. The molecule has 6 rings (SSSR count). The maximum absolute atomic E-state index is 15.0. The van der Waals surface area contributed by atoms with Crippen LogP contribution in [0.1, 0.15) is 40.9 Å². The number of likely N-dealkylation sites (N-methyl/N-ethyl adjacent to an activating group) is 1. The fourth-order valence-electron chi connectivity index (χ4n) is 5.74. The number of fused-ring (bicyclic) bond motifs is 4. The van der Waals surface area contributed by atoms with Crippen LogP contribution in [0.5, 0.6) is 0 Å². The van der Waals surface area contributed by atoms with Crippen LogP contribution in [0, 0.1) is 5.82 Å². The lowest BCUT2D eigenvalue weighted by atomic mass is 9.80. The van der Waals surface area contributed by atoms with Gasteiger partial charge in [-0.05, 0) is 55.6 Å². The second-order valence-corrected chi connectivity index (χ2v) is 9.24. The molecule has 0 unspecified atom stereocenters. The van der Waals surface area contributed by atoms with Crippen molar-refractivity contribution in [3.8, 4) is 0 Å². The summed E-state index contributed by atoms with van der Waals surface area (Å²) in [5.74, 6) is 0.782. The first-order valence-corrected chi connectivity index (χ1v) is 11.2. The van der Waals surface area contributed by atoms with Crippen molar-refractivity contribution in [3.05, 3.63) is 69.6 Å². The molecule has 0 bridgehead atoms. The highest BCUT2D eigenvalue weighted by atomic mass is 35.5. The van der Waals surface area contributed by atoms with Gasteiger partial charge >= 0.3 is 0 Å². The van der Waals surface area contributed by atoms with E-state index in [1.54, 1.807) is 6.07 Å². The Bertz CT molecular complexity index is 1180. The second-order valence-electron chi connectivity index (χ2n) is 8.90. The van der Waals surface area contributed by atoms with Crippen molar-refractivity contribution in [2.45, 2.75) is 50.9 Å². The summed E-state index contributed by atoms with van der Waals surface area (Å²) in [6.07, 6.45) is 5.26. The highest BCUT2D eigenvalue weighted by molar-refractivity contribution is 6.28. The number of hydrogen-bond donors (Lipinski definition) is 0. The van der Waals surface area contributed by atoms with E-state index in [-0.39, 0.29) is 16.6 Å². The molecule has 0 saturated carbocycles. The minimum Gasteiger partial charge on any atom is -0.350 e. The molecular formula is C23H24ClFN6. The molecule has 1 aliphatic carbocycles. The number of hydrogen-bond acceptors (Lipinski definition) is 5. The summed E-state index contributed by atoms with van der Waals surface area (Å²) in [6, 6.07) is 7.50. The van der Waals surface area contributed by atoms with Crippen LogP contribution in [0.2, 0.25) is 5.28 Å². The topological polar surface area (TPSA) is 50.1 Å². The molecule has 1 aromatic carbocycles. The fourth-order valence-corrected chi connectivity index (χ4v) is 5.93. The normalized spacial score (nSPS) is 22.9. The van der Waals surface area contributed by atoms with E-state index < -0.39 is 0 Å². The SMILES string of the molecule is CN1Cc2c(nc(Cl)nc2N2CCCn3nccc3C2)C[C@]12CCc1cccc(F)c12. The number of rotatable bonds is 1. The van der Waals surface area contributed by atoms with Crippen molar-refractivity contribution in [2.24, 2.45) is 0 Å². The number of aromatic nitrogens is 4. The third-order valence-corrected chi connectivity index (χ3v) is 7.43. The Labute approximate surface area is 185 Å². The third-order valence-electron chi connectivity index (χ3n) is 7.26. The van der Waals surface area contributed by atoms with E-state index in [1.165, 1.54) is 5.69 Å². The summed E-state index contributed by atoms with van der Waals surface area (Å²) in [6.45, 7) is 3.20. The van der Waals surface area contributed by atoms with Crippen molar-refractivity contribution in [3.63, 3.8) is 0 Å². The monoisotopic (exact) mass is 438 g/mol. The van der Waals surface area contributed by atoms with E-state index in [9.17, 15) is 4.39 Å². The standard InChI is InChI=1S/C23H24ClFN6/c1-29-14-17-19(12-23(29)8-6-15-4-2-5-18(25)20(15)23)27-22(24)28-21(17)30-10-3-11-31-16(13-30)7-9-26-31/h2,4-5,7,9H,3,6,8,10-14H2,1H3/t23-/m0/s1. The Morgan fingerprint density at radius 3 is 2.94 bits per heavy atom. The van der Waals surface area contributed by atoms with Gasteiger partial charge in [0.05, 0.1) is 23.5 Å². The molecular weight excluding hydrogens is 415 g/mol. The summed E-state index contributed by atoms with van der Waals surface area (Å²) >= 11 is 6.43. The number of anilines is 1. The van der Waals surface area contributed by atoms with Crippen molar-refractivity contribution in [2.75, 3.05) is 18.5 Å². The molecule has 6 nitrogen and oxygen atoms in total. The maximum Gasteiger partial charge on any atom is 0.224 e. The highest BCUT2D eigenvalue weighted by Gasteiger charge is 2.48. The predicted octanol–water partition coefficient (Wildman–Crippen LogP) is 3.71. The zero-order chi connectivity index (χ0) is 21.2. The van der Waals surface area contributed by atoms with Gasteiger partial charge in [0.2, 0.25) is 5.28 Å². The highest BCUT2D eigenvalue weighted by Crippen LogP contribution is 2.48. The van der Waals surface area contributed by atoms with Crippen molar-refractivity contribution in [1.29, 1.82) is 0 Å². The Morgan fingerprint density at radius 2 is 2.03 bits per heavy atom. The van der Waals surface area contributed by atoms with Gasteiger partial charge in [-0.15, -0.1) is 0 Å². The van der Waals surface area contributed by atoms with Gasteiger partial charge in [-0.25, -0.2) is 14.4 Å². The average Bonchev–Trinajstić information content (AvgIpc) is 3.29. The molecule has 0 radical (unpaired) electrons. The Balaban J connectivity index is 1.43. The van der Waals surface area contributed by atoms with Gasteiger partial charge in [-0.3, -0.25) is 9.58 Å². The minimum absolute atomic E-state index is 0.119. The van der Waals surface area contributed by atoms with Gasteiger partial charge in [-0.2, -0.15) is 5.10 Å². The summed E-state index contributed by atoms with van der Waals surface area (Å²) in [5.41, 5.74) is 4.79. The van der Waals surface area contributed by atoms with Gasteiger partial charge in [0.25, 0.3) is 0 Å². The van der Waals surface area contributed by atoms with E-state index >= 15 is 0 Å². The predicted molar refractivity (Wildman–Crippen MR) is 117 cm³/mol. The molecule has 4 heterocycles. The van der Waals surface area contributed by atoms with Crippen LogP contribution < -0.4 is 4.90 Å². The Morgan fingerprint density at radius 1 is 1.13 bits per heavy atom. The molecule has 31 heavy (non-hydrogen) atoms. The molecule has 3 aliphatic rings. The number of aryl methyl sites for hydroxylation is 2. The average molecular weight is 439 g/mol. The first kappa shape index (κ1) is 19.2. The van der Waals surface area contributed by atoms with E-state index in [2.05, 4.69) is 48.7 Å². The van der Waals surface area contributed by atoms with Crippen molar-refractivity contribution < 1.29 is 4.39 Å². The fraction of sp³-hybridized carbons (Fsp3) is 0.435. The van der Waals surface area contributed by atoms with Crippen LogP contribution in [0.15, 0.2) is 30.5 Å². The van der Waals surface area contributed by atoms with Crippen molar-refractivity contribution in [1.82, 2.24) is 24.6 Å². The lowest BCUT2D eigenvalue weighted by Crippen LogP contribution is -2.48. The van der Waals surface area contributed by atoms with Gasteiger partial charge in [0.15, 0.2) is 0 Å². The van der Waals surface area contributed by atoms with Gasteiger partial charge in [-0.1, -0.05) is 12.1 Å². The first-order chi connectivity index (χ1) is 15.0. The molecule has 0 saturated heterocycles. The molecule has 0 N–H and O–H groups in total. The molecule has 1 spiro atoms. The van der Waals surface area contributed by atoms with E-state index in [0.29, 0.717) is 13.0 Å². The molecule has 0 fully saturated rings. The van der Waals surface area contributed by atoms with E-state index in [0.717, 1.165) is 67.1 Å². The Kier molecular flexibility index (Phi) is 4.34. The number of nitrogens with zero attached hydrogens (tertiary/aromatic N) is 6. The van der Waals surface area contributed by atoms with Crippen LogP contribution in [-0.2, 0) is 38.0 Å². The summed E-state index contributed by atoms with van der Waals surface area (Å²) in [7, 11) is 2.10. The molecule has 160 valence electrons. The first-order valence-electron chi connectivity index (χ1n) is 10.9. The summed E-state index contributed by atoms with van der Waals surface area (Å²) in [5, 5.41) is 4.69. The van der Waals surface area contributed by atoms with Crippen LogP contribution in [0.3, 0.4) is 0 Å². The summed E-state index contributed by atoms with van der Waals surface area (Å²) in [4.78, 5) is 13.9. The van der Waals surface area contributed by atoms with Crippen LogP contribution >= 0.6 is 11.6 Å². The quantitative estimate of drug-likeness (QED) is 0.542. The largest absolute Gasteiger partial charge is 0.350 e. The molecule has 2 aliphatic heterocycles. The van der Waals surface area contributed by atoms with Gasteiger partial charge in [0, 0.05) is 43.4 Å². The minimum atomic E-state index is -0.375. The lowest BCUT2D eigenvalue weighted by Gasteiger charge is -2.44. The number of benzene rings is 1. The molecule has 2 aromatic heterocycles. The Hall–Kier alpha value is -2.51. The lowest BCUT2D eigenvalue weighted by molar-refractivity contribution is 0.0897. The molecule has 0 amide bonds. The van der Waals surface area contributed by atoms with Crippen LogP contribution in [-0.4, -0.2) is 38.2 Å². The van der Waals surface area contributed by atoms with Gasteiger partial charge < -0.3 is 4.90 Å². The zero-order valence-corrected chi connectivity index (χ0v) is 18.2. The third kappa shape index (κ3) is 2.90. The summed E-state index contributed by atoms with van der Waals surface area (Å²) < 4.78 is 17.0. The van der Waals surface area contributed by atoms with Crippen molar-refractivity contribution >= 4 is 17.4 Å². The zero-order valence-electron chi connectivity index (χ0n) is 17.5.